The van der Waals surface area contributed by atoms with E-state index in [0.717, 1.165) is 0 Å². The summed E-state index contributed by atoms with van der Waals surface area (Å²) in [7, 11) is 1.83. The van der Waals surface area contributed by atoms with Gasteiger partial charge in [-0.3, -0.25) is 0 Å². The Morgan fingerprint density at radius 3 is 2.60 bits per heavy atom. The molecule has 0 aliphatic rings. The summed E-state index contributed by atoms with van der Waals surface area (Å²) in [6, 6.07) is 3.17. The number of carboxylic acid groups (broad SMARTS) is 1. The zero-order valence-electron chi connectivity index (χ0n) is 9.06. The van der Waals surface area contributed by atoms with Crippen LogP contribution in [-0.4, -0.2) is 29.1 Å². The summed E-state index contributed by atoms with van der Waals surface area (Å²) in [5.74, 6) is -0.543. The highest BCUT2D eigenvalue weighted by atomic mass is 16.4. The van der Waals surface area contributed by atoms with Crippen molar-refractivity contribution in [3.05, 3.63) is 17.8 Å². The number of nitrogen functional groups attached to an aromatic ring is 1. The molecule has 1 rings (SSSR count). The van der Waals surface area contributed by atoms with E-state index in [2.05, 4.69) is 4.98 Å². The molecule has 0 spiro atoms. The molecule has 0 saturated heterocycles. The molecule has 0 unspecified atom stereocenters. The van der Waals surface area contributed by atoms with Crippen molar-refractivity contribution in [3.8, 4) is 0 Å². The van der Waals surface area contributed by atoms with Crippen molar-refractivity contribution in [3.63, 3.8) is 0 Å². The van der Waals surface area contributed by atoms with Crippen molar-refractivity contribution < 1.29 is 9.90 Å². The van der Waals surface area contributed by atoms with Crippen molar-refractivity contribution >= 4 is 17.5 Å². The van der Waals surface area contributed by atoms with Gasteiger partial charge in [-0.05, 0) is 26.0 Å². The minimum absolute atomic E-state index is 0.00620. The Hall–Kier alpha value is -1.78. The van der Waals surface area contributed by atoms with Gasteiger partial charge in [0.25, 0.3) is 0 Å². The average molecular weight is 209 g/mol. The quantitative estimate of drug-likeness (QED) is 0.782. The maximum atomic E-state index is 10.7. The Balaban J connectivity index is 3.16. The van der Waals surface area contributed by atoms with Gasteiger partial charge in [0.2, 0.25) is 0 Å². The van der Waals surface area contributed by atoms with Crippen LogP contribution in [0.2, 0.25) is 0 Å². The summed E-state index contributed by atoms with van der Waals surface area (Å²) in [6.07, 6.45) is 0. The molecule has 1 heterocycles. The highest BCUT2D eigenvalue weighted by Gasteiger charge is 2.13. The number of pyridine rings is 1. The first kappa shape index (κ1) is 11.3. The molecule has 0 radical (unpaired) electrons. The Bertz CT molecular complexity index is 377. The van der Waals surface area contributed by atoms with E-state index in [4.69, 9.17) is 10.8 Å². The van der Waals surface area contributed by atoms with Gasteiger partial charge in [0.15, 0.2) is 11.5 Å². The van der Waals surface area contributed by atoms with Gasteiger partial charge in [0.1, 0.15) is 0 Å². The van der Waals surface area contributed by atoms with E-state index < -0.39 is 5.97 Å². The van der Waals surface area contributed by atoms with Gasteiger partial charge in [-0.15, -0.1) is 0 Å². The van der Waals surface area contributed by atoms with Crippen molar-refractivity contribution in [1.82, 2.24) is 4.98 Å². The number of aromatic nitrogens is 1. The van der Waals surface area contributed by atoms with Crippen LogP contribution in [0.15, 0.2) is 12.1 Å². The summed E-state index contributed by atoms with van der Waals surface area (Å²) in [5.41, 5.74) is 6.22. The molecule has 0 aliphatic heterocycles. The van der Waals surface area contributed by atoms with Crippen molar-refractivity contribution in [1.29, 1.82) is 0 Å². The van der Waals surface area contributed by atoms with Gasteiger partial charge in [0, 0.05) is 13.1 Å². The van der Waals surface area contributed by atoms with E-state index in [1.54, 1.807) is 6.07 Å². The second-order valence-electron chi connectivity index (χ2n) is 3.62. The number of carbonyl (C=O) groups is 1. The standard InChI is InChI=1S/C10H15N3O2/c1-6(2)13(3)9-7(11)4-5-8(12-9)10(14)15/h4-6H,11H2,1-3H3,(H,14,15). The van der Waals surface area contributed by atoms with Gasteiger partial charge in [-0.25, -0.2) is 9.78 Å². The van der Waals surface area contributed by atoms with Crippen LogP contribution in [0.3, 0.4) is 0 Å². The lowest BCUT2D eigenvalue weighted by atomic mass is 10.2. The molecule has 0 fully saturated rings. The van der Waals surface area contributed by atoms with E-state index in [9.17, 15) is 4.79 Å². The van der Waals surface area contributed by atoms with Crippen LogP contribution >= 0.6 is 0 Å². The molecule has 0 atom stereocenters. The smallest absolute Gasteiger partial charge is 0.354 e. The number of aromatic carboxylic acids is 1. The second kappa shape index (κ2) is 4.16. The predicted molar refractivity (Wildman–Crippen MR) is 59.1 cm³/mol. The number of anilines is 2. The molecular weight excluding hydrogens is 194 g/mol. The number of nitrogens with two attached hydrogens (primary N) is 1. The largest absolute Gasteiger partial charge is 0.477 e. The normalized spacial score (nSPS) is 10.4. The molecule has 3 N–H and O–H groups in total. The first-order valence-electron chi connectivity index (χ1n) is 4.66. The molecule has 5 nitrogen and oxygen atoms in total. The van der Waals surface area contributed by atoms with Crippen LogP contribution in [0.4, 0.5) is 11.5 Å². The van der Waals surface area contributed by atoms with Gasteiger partial charge < -0.3 is 15.7 Å². The van der Waals surface area contributed by atoms with Gasteiger partial charge >= 0.3 is 5.97 Å². The molecule has 0 aromatic carbocycles. The molecule has 5 heteroatoms. The zero-order valence-corrected chi connectivity index (χ0v) is 9.06. The second-order valence-corrected chi connectivity index (χ2v) is 3.62. The summed E-state index contributed by atoms with van der Waals surface area (Å²) in [4.78, 5) is 16.6. The van der Waals surface area contributed by atoms with E-state index in [1.807, 2.05) is 25.8 Å². The van der Waals surface area contributed by atoms with E-state index in [1.165, 1.54) is 6.07 Å². The van der Waals surface area contributed by atoms with Crippen molar-refractivity contribution in [2.45, 2.75) is 19.9 Å². The van der Waals surface area contributed by atoms with Gasteiger partial charge in [-0.2, -0.15) is 0 Å². The fraction of sp³-hybridized carbons (Fsp3) is 0.400. The lowest BCUT2D eigenvalue weighted by Gasteiger charge is -2.24. The summed E-state index contributed by atoms with van der Waals surface area (Å²) < 4.78 is 0. The Kier molecular flexibility index (Phi) is 3.14. The van der Waals surface area contributed by atoms with Crippen LogP contribution < -0.4 is 10.6 Å². The fourth-order valence-corrected chi connectivity index (χ4v) is 1.11. The van der Waals surface area contributed by atoms with E-state index >= 15 is 0 Å². The lowest BCUT2D eigenvalue weighted by Crippen LogP contribution is -2.28. The first-order valence-corrected chi connectivity index (χ1v) is 4.66. The third kappa shape index (κ3) is 2.37. The fourth-order valence-electron chi connectivity index (χ4n) is 1.11. The molecule has 0 aliphatic carbocycles. The van der Waals surface area contributed by atoms with Crippen LogP contribution in [0, 0.1) is 0 Å². The third-order valence-electron chi connectivity index (χ3n) is 2.23. The van der Waals surface area contributed by atoms with Gasteiger partial charge in [0.05, 0.1) is 5.69 Å². The number of hydrogen-bond donors (Lipinski definition) is 2. The third-order valence-corrected chi connectivity index (χ3v) is 2.23. The first-order chi connectivity index (χ1) is 6.93. The van der Waals surface area contributed by atoms with Crippen LogP contribution in [0.25, 0.3) is 0 Å². The Labute approximate surface area is 88.5 Å². The molecule has 0 bridgehead atoms. The average Bonchev–Trinajstić information content (AvgIpc) is 2.16. The van der Waals surface area contributed by atoms with Crippen LogP contribution in [-0.2, 0) is 0 Å². The van der Waals surface area contributed by atoms with Crippen molar-refractivity contribution in [2.24, 2.45) is 0 Å². The summed E-state index contributed by atoms with van der Waals surface area (Å²) in [5, 5.41) is 8.80. The zero-order chi connectivity index (χ0) is 11.6. The molecule has 0 saturated carbocycles. The monoisotopic (exact) mass is 209 g/mol. The Morgan fingerprint density at radius 2 is 2.13 bits per heavy atom. The van der Waals surface area contributed by atoms with Gasteiger partial charge in [-0.1, -0.05) is 0 Å². The maximum Gasteiger partial charge on any atom is 0.354 e. The number of nitrogens with zero attached hydrogens (tertiary/aromatic N) is 2. The molecule has 82 valence electrons. The van der Waals surface area contributed by atoms with E-state index in [0.29, 0.717) is 11.5 Å². The minimum Gasteiger partial charge on any atom is -0.477 e. The van der Waals surface area contributed by atoms with Crippen molar-refractivity contribution in [2.75, 3.05) is 17.7 Å². The predicted octanol–water partition coefficient (Wildman–Crippen LogP) is 1.21. The highest BCUT2D eigenvalue weighted by molar-refractivity contribution is 5.86. The van der Waals surface area contributed by atoms with E-state index in [-0.39, 0.29) is 11.7 Å². The minimum atomic E-state index is -1.05. The molecular formula is C10H15N3O2. The molecule has 1 aromatic rings. The molecule has 15 heavy (non-hydrogen) atoms. The summed E-state index contributed by atoms with van der Waals surface area (Å²) in [6.45, 7) is 3.96. The Morgan fingerprint density at radius 1 is 1.53 bits per heavy atom. The van der Waals surface area contributed by atoms with Crippen LogP contribution in [0.1, 0.15) is 24.3 Å². The number of rotatable bonds is 3. The maximum absolute atomic E-state index is 10.7. The van der Waals surface area contributed by atoms with Crippen LogP contribution in [0.5, 0.6) is 0 Å². The molecule has 0 amide bonds. The highest BCUT2D eigenvalue weighted by Crippen LogP contribution is 2.21. The topological polar surface area (TPSA) is 79.5 Å². The molecule has 1 aromatic heterocycles. The lowest BCUT2D eigenvalue weighted by molar-refractivity contribution is 0.0690. The SMILES string of the molecule is CC(C)N(C)c1nc(C(=O)O)ccc1N. The number of carboxylic acids is 1. The summed E-state index contributed by atoms with van der Waals surface area (Å²) >= 11 is 0. The number of hydrogen-bond acceptors (Lipinski definition) is 4.